The summed E-state index contributed by atoms with van der Waals surface area (Å²) in [7, 11) is 1.45. The molecular weight excluding hydrogens is 281 g/mol. The molecule has 1 amide bonds. The van der Waals surface area contributed by atoms with Gasteiger partial charge in [0.25, 0.3) is 5.91 Å². The molecule has 6 nitrogen and oxygen atoms in total. The highest BCUT2D eigenvalue weighted by Crippen LogP contribution is 2.16. The SMILES string of the molecule is Cn1c(C(=O)NC(C)(CCl)CCl)ccc1[N+](=O)[O-]. The predicted molar refractivity (Wildman–Crippen MR) is 69.4 cm³/mol. The first kappa shape index (κ1) is 14.8. The number of nitrogens with zero attached hydrogens (tertiary/aromatic N) is 2. The number of amides is 1. The second-order valence-electron chi connectivity index (χ2n) is 4.17. The summed E-state index contributed by atoms with van der Waals surface area (Å²) >= 11 is 11.4. The largest absolute Gasteiger partial charge is 0.358 e. The van der Waals surface area contributed by atoms with E-state index in [1.54, 1.807) is 6.92 Å². The van der Waals surface area contributed by atoms with Gasteiger partial charge in [-0.2, -0.15) is 0 Å². The molecule has 1 rings (SSSR count). The van der Waals surface area contributed by atoms with Crippen LogP contribution in [0, 0.1) is 10.1 Å². The van der Waals surface area contributed by atoms with Crippen LogP contribution in [0.2, 0.25) is 0 Å². The minimum Gasteiger partial charge on any atom is -0.358 e. The Balaban J connectivity index is 2.95. The van der Waals surface area contributed by atoms with Crippen molar-refractivity contribution in [2.75, 3.05) is 11.8 Å². The van der Waals surface area contributed by atoms with Crippen LogP contribution < -0.4 is 5.32 Å². The van der Waals surface area contributed by atoms with Crippen LogP contribution in [0.1, 0.15) is 17.4 Å². The molecule has 1 aromatic heterocycles. The third-order valence-electron chi connectivity index (χ3n) is 2.52. The summed E-state index contributed by atoms with van der Waals surface area (Å²) < 4.78 is 1.21. The van der Waals surface area contributed by atoms with Crippen molar-refractivity contribution < 1.29 is 9.72 Å². The van der Waals surface area contributed by atoms with Gasteiger partial charge in [-0.1, -0.05) is 0 Å². The number of nitrogens with one attached hydrogen (secondary N) is 1. The zero-order valence-electron chi connectivity index (χ0n) is 9.94. The quantitative estimate of drug-likeness (QED) is 0.512. The molecule has 0 bridgehead atoms. The molecule has 8 heteroatoms. The van der Waals surface area contributed by atoms with E-state index in [9.17, 15) is 14.9 Å². The molecule has 0 atom stereocenters. The van der Waals surface area contributed by atoms with Gasteiger partial charge in [-0.15, -0.1) is 23.2 Å². The van der Waals surface area contributed by atoms with Crippen molar-refractivity contribution in [2.45, 2.75) is 12.5 Å². The number of carbonyl (C=O) groups excluding carboxylic acids is 1. The first-order valence-corrected chi connectivity index (χ1v) is 6.16. The van der Waals surface area contributed by atoms with Gasteiger partial charge in [0, 0.05) is 17.8 Å². The first-order chi connectivity index (χ1) is 8.34. The molecule has 0 spiro atoms. The lowest BCUT2D eigenvalue weighted by atomic mass is 10.1. The van der Waals surface area contributed by atoms with E-state index in [0.29, 0.717) is 0 Å². The molecule has 100 valence electrons. The molecule has 18 heavy (non-hydrogen) atoms. The van der Waals surface area contributed by atoms with Crippen molar-refractivity contribution in [2.24, 2.45) is 7.05 Å². The molecule has 0 unspecified atom stereocenters. The molecular formula is C10H13Cl2N3O3. The van der Waals surface area contributed by atoms with E-state index in [2.05, 4.69) is 5.32 Å². The number of carbonyl (C=O) groups is 1. The average Bonchev–Trinajstić information content (AvgIpc) is 2.71. The van der Waals surface area contributed by atoms with Crippen molar-refractivity contribution in [1.29, 1.82) is 0 Å². The van der Waals surface area contributed by atoms with Gasteiger partial charge in [0.05, 0.1) is 12.6 Å². The van der Waals surface area contributed by atoms with Crippen molar-refractivity contribution in [3.05, 3.63) is 27.9 Å². The highest BCUT2D eigenvalue weighted by atomic mass is 35.5. The molecule has 0 radical (unpaired) electrons. The number of halogens is 2. The normalized spacial score (nSPS) is 11.3. The highest BCUT2D eigenvalue weighted by Gasteiger charge is 2.28. The van der Waals surface area contributed by atoms with Gasteiger partial charge in [0.2, 0.25) is 0 Å². The van der Waals surface area contributed by atoms with Crippen molar-refractivity contribution in [1.82, 2.24) is 9.88 Å². The lowest BCUT2D eigenvalue weighted by Crippen LogP contribution is -2.49. The van der Waals surface area contributed by atoms with Gasteiger partial charge in [0.1, 0.15) is 0 Å². The van der Waals surface area contributed by atoms with Gasteiger partial charge in [-0.3, -0.25) is 4.79 Å². The third-order valence-corrected chi connectivity index (χ3v) is 3.70. The van der Waals surface area contributed by atoms with Gasteiger partial charge in [-0.05, 0) is 17.9 Å². The summed E-state index contributed by atoms with van der Waals surface area (Å²) in [6.45, 7) is 1.70. The Morgan fingerprint density at radius 1 is 1.50 bits per heavy atom. The molecule has 0 aliphatic heterocycles. The summed E-state index contributed by atoms with van der Waals surface area (Å²) in [4.78, 5) is 22.1. The van der Waals surface area contributed by atoms with E-state index in [4.69, 9.17) is 23.2 Å². The van der Waals surface area contributed by atoms with Crippen LogP contribution in [0.25, 0.3) is 0 Å². The topological polar surface area (TPSA) is 77.2 Å². The van der Waals surface area contributed by atoms with Crippen LogP contribution in [0.5, 0.6) is 0 Å². The molecule has 1 N–H and O–H groups in total. The van der Waals surface area contributed by atoms with E-state index in [-0.39, 0.29) is 23.3 Å². The van der Waals surface area contributed by atoms with Gasteiger partial charge in [0.15, 0.2) is 5.69 Å². The van der Waals surface area contributed by atoms with Crippen LogP contribution in [0.15, 0.2) is 12.1 Å². The summed E-state index contributed by atoms with van der Waals surface area (Å²) in [6.07, 6.45) is 0. The fraction of sp³-hybridized carbons (Fsp3) is 0.500. The Morgan fingerprint density at radius 3 is 2.44 bits per heavy atom. The highest BCUT2D eigenvalue weighted by molar-refractivity contribution is 6.22. The van der Waals surface area contributed by atoms with E-state index in [1.165, 1.54) is 23.7 Å². The summed E-state index contributed by atoms with van der Waals surface area (Å²) in [5.41, 5.74) is -0.567. The maximum atomic E-state index is 12.0. The summed E-state index contributed by atoms with van der Waals surface area (Å²) in [6, 6.07) is 2.66. The number of aromatic nitrogens is 1. The lowest BCUT2D eigenvalue weighted by Gasteiger charge is -2.25. The molecule has 1 heterocycles. The van der Waals surface area contributed by atoms with Crippen LogP contribution >= 0.6 is 23.2 Å². The first-order valence-electron chi connectivity index (χ1n) is 5.09. The second kappa shape index (κ2) is 5.58. The predicted octanol–water partition coefficient (Wildman–Crippen LogP) is 1.90. The van der Waals surface area contributed by atoms with Gasteiger partial charge < -0.3 is 15.4 Å². The summed E-state index contributed by atoms with van der Waals surface area (Å²) in [5.74, 6) is -0.309. The van der Waals surface area contributed by atoms with Crippen LogP contribution in [0.3, 0.4) is 0 Å². The maximum absolute atomic E-state index is 12.0. The fourth-order valence-corrected chi connectivity index (χ4v) is 1.77. The van der Waals surface area contributed by atoms with Crippen molar-refractivity contribution >= 4 is 34.9 Å². The zero-order chi connectivity index (χ0) is 13.9. The van der Waals surface area contributed by atoms with Crippen LogP contribution in [0.4, 0.5) is 5.82 Å². The molecule has 0 aliphatic rings. The average molecular weight is 294 g/mol. The monoisotopic (exact) mass is 293 g/mol. The lowest BCUT2D eigenvalue weighted by molar-refractivity contribution is -0.391. The number of rotatable bonds is 5. The molecule has 0 fully saturated rings. The minimum atomic E-state index is -0.751. The number of nitro groups is 1. The Labute approximate surface area is 114 Å². The standard InChI is InChI=1S/C10H13Cl2N3O3/c1-10(5-11,6-12)13-9(16)7-3-4-8(14(7)2)15(17)18/h3-4H,5-6H2,1-2H3,(H,13,16). The Bertz CT molecular complexity index is 469. The molecule has 0 aromatic carbocycles. The van der Waals surface area contributed by atoms with Crippen LogP contribution in [-0.2, 0) is 7.05 Å². The van der Waals surface area contributed by atoms with Crippen molar-refractivity contribution in [3.63, 3.8) is 0 Å². The second-order valence-corrected chi connectivity index (χ2v) is 4.71. The molecule has 0 saturated heterocycles. The Kier molecular flexibility index (Phi) is 4.59. The van der Waals surface area contributed by atoms with E-state index < -0.39 is 16.4 Å². The smallest absolute Gasteiger partial charge is 0.323 e. The van der Waals surface area contributed by atoms with E-state index >= 15 is 0 Å². The number of hydrogen-bond acceptors (Lipinski definition) is 3. The van der Waals surface area contributed by atoms with Gasteiger partial charge >= 0.3 is 5.82 Å². The Hall–Kier alpha value is -1.27. The minimum absolute atomic E-state index is 0.148. The molecule has 0 aliphatic carbocycles. The number of alkyl halides is 2. The van der Waals surface area contributed by atoms with Crippen LogP contribution in [-0.4, -0.2) is 32.7 Å². The van der Waals surface area contributed by atoms with E-state index in [0.717, 1.165) is 0 Å². The maximum Gasteiger partial charge on any atom is 0.323 e. The molecule has 1 aromatic rings. The Morgan fingerprint density at radius 2 is 2.06 bits per heavy atom. The summed E-state index contributed by atoms with van der Waals surface area (Å²) in [5, 5.41) is 13.3. The van der Waals surface area contributed by atoms with Gasteiger partial charge in [-0.25, -0.2) is 4.57 Å². The fourth-order valence-electron chi connectivity index (χ4n) is 1.35. The van der Waals surface area contributed by atoms with Crippen molar-refractivity contribution in [3.8, 4) is 0 Å². The molecule has 0 saturated carbocycles. The third kappa shape index (κ3) is 2.94. The van der Waals surface area contributed by atoms with E-state index in [1.807, 2.05) is 0 Å². The number of hydrogen-bond donors (Lipinski definition) is 1. The zero-order valence-corrected chi connectivity index (χ0v) is 11.5.